The van der Waals surface area contributed by atoms with Crippen LogP contribution < -0.4 is 5.32 Å². The summed E-state index contributed by atoms with van der Waals surface area (Å²) < 4.78 is 15.8. The monoisotopic (exact) mass is 241 g/mol. The second-order valence-electron chi connectivity index (χ2n) is 3.46. The molecule has 1 aromatic heterocycles. The van der Waals surface area contributed by atoms with Gasteiger partial charge >= 0.3 is 0 Å². The van der Waals surface area contributed by atoms with Gasteiger partial charge < -0.3 is 19.2 Å². The summed E-state index contributed by atoms with van der Waals surface area (Å²) in [6, 6.07) is 3.39. The van der Waals surface area contributed by atoms with Crippen LogP contribution in [-0.4, -0.2) is 32.0 Å². The van der Waals surface area contributed by atoms with E-state index >= 15 is 0 Å². The van der Waals surface area contributed by atoms with Gasteiger partial charge in [0, 0.05) is 13.2 Å². The maximum atomic E-state index is 11.7. The van der Waals surface area contributed by atoms with Crippen LogP contribution in [0.5, 0.6) is 0 Å². The van der Waals surface area contributed by atoms with Gasteiger partial charge in [0.2, 0.25) is 0 Å². The number of ether oxygens (including phenoxy) is 2. The number of hydrogen-bond acceptors (Lipinski definition) is 4. The van der Waals surface area contributed by atoms with Crippen molar-refractivity contribution in [3.63, 3.8) is 0 Å². The lowest BCUT2D eigenvalue weighted by Crippen LogP contribution is -2.35. The van der Waals surface area contributed by atoms with Crippen LogP contribution >= 0.6 is 0 Å². The minimum absolute atomic E-state index is 0.262. The fourth-order valence-corrected chi connectivity index (χ4v) is 1.36. The quantitative estimate of drug-likeness (QED) is 0.738. The molecule has 0 spiro atoms. The van der Waals surface area contributed by atoms with E-state index in [1.807, 2.05) is 13.8 Å². The number of aryl methyl sites for hydroxylation is 1. The van der Waals surface area contributed by atoms with Crippen LogP contribution in [0.3, 0.4) is 0 Å². The van der Waals surface area contributed by atoms with Gasteiger partial charge in [-0.15, -0.1) is 0 Å². The molecule has 1 amide bonds. The van der Waals surface area contributed by atoms with Crippen molar-refractivity contribution in [2.75, 3.05) is 19.8 Å². The van der Waals surface area contributed by atoms with Gasteiger partial charge in [0.25, 0.3) is 5.91 Å². The third kappa shape index (κ3) is 4.58. The Morgan fingerprint density at radius 1 is 1.35 bits per heavy atom. The Labute approximate surface area is 101 Å². The van der Waals surface area contributed by atoms with Gasteiger partial charge in [-0.1, -0.05) is 0 Å². The summed E-state index contributed by atoms with van der Waals surface area (Å²) in [7, 11) is 0. The van der Waals surface area contributed by atoms with Crippen LogP contribution in [-0.2, 0) is 9.47 Å². The van der Waals surface area contributed by atoms with Crippen molar-refractivity contribution in [3.05, 3.63) is 23.7 Å². The standard InChI is InChI=1S/C12H19NO4/c1-4-15-11(16-5-2)8-13-12(14)10-7-6-9(3)17-10/h6-7,11H,4-5,8H2,1-3H3,(H,13,14). The molecule has 0 saturated carbocycles. The molecule has 5 nitrogen and oxygen atoms in total. The van der Waals surface area contributed by atoms with Crippen molar-refractivity contribution in [2.24, 2.45) is 0 Å². The highest BCUT2D eigenvalue weighted by molar-refractivity contribution is 5.91. The SMILES string of the molecule is CCOC(CNC(=O)c1ccc(C)o1)OCC. The molecule has 0 fully saturated rings. The van der Waals surface area contributed by atoms with E-state index in [-0.39, 0.29) is 5.91 Å². The smallest absolute Gasteiger partial charge is 0.287 e. The maximum Gasteiger partial charge on any atom is 0.287 e. The molecule has 0 aromatic carbocycles. The Kier molecular flexibility index (Phi) is 5.72. The first kappa shape index (κ1) is 13.7. The average Bonchev–Trinajstić information content (AvgIpc) is 2.73. The summed E-state index contributed by atoms with van der Waals surface area (Å²) in [5.41, 5.74) is 0. The van der Waals surface area contributed by atoms with Crippen molar-refractivity contribution >= 4 is 5.91 Å². The fourth-order valence-electron chi connectivity index (χ4n) is 1.36. The number of furan rings is 1. The second kappa shape index (κ2) is 7.09. The normalized spacial score (nSPS) is 10.8. The highest BCUT2D eigenvalue weighted by Gasteiger charge is 2.13. The number of amides is 1. The summed E-state index contributed by atoms with van der Waals surface area (Å²) in [5.74, 6) is 0.748. The van der Waals surface area contributed by atoms with E-state index < -0.39 is 6.29 Å². The molecule has 1 heterocycles. The minimum atomic E-state index is -0.412. The molecule has 0 atom stereocenters. The van der Waals surface area contributed by atoms with Gasteiger partial charge in [-0.2, -0.15) is 0 Å². The highest BCUT2D eigenvalue weighted by Crippen LogP contribution is 2.05. The topological polar surface area (TPSA) is 60.7 Å². The Morgan fingerprint density at radius 3 is 2.47 bits per heavy atom. The Morgan fingerprint density at radius 2 is 2.00 bits per heavy atom. The average molecular weight is 241 g/mol. The zero-order valence-corrected chi connectivity index (χ0v) is 10.5. The first-order chi connectivity index (χ1) is 8.17. The van der Waals surface area contributed by atoms with E-state index in [1.54, 1.807) is 19.1 Å². The van der Waals surface area contributed by atoms with Crippen molar-refractivity contribution in [2.45, 2.75) is 27.1 Å². The maximum absolute atomic E-state index is 11.7. The number of hydrogen-bond donors (Lipinski definition) is 1. The molecular formula is C12H19NO4. The third-order valence-corrected chi connectivity index (χ3v) is 2.10. The van der Waals surface area contributed by atoms with Gasteiger partial charge in [-0.05, 0) is 32.9 Å². The van der Waals surface area contributed by atoms with Crippen LogP contribution in [0.25, 0.3) is 0 Å². The molecule has 0 aliphatic rings. The molecular weight excluding hydrogens is 222 g/mol. The van der Waals surface area contributed by atoms with E-state index in [0.717, 1.165) is 0 Å². The van der Waals surface area contributed by atoms with Gasteiger partial charge in [0.05, 0.1) is 6.54 Å². The fraction of sp³-hybridized carbons (Fsp3) is 0.583. The summed E-state index contributed by atoms with van der Waals surface area (Å²) in [5, 5.41) is 2.70. The lowest BCUT2D eigenvalue weighted by atomic mass is 10.4. The Hall–Kier alpha value is -1.33. The number of nitrogens with one attached hydrogen (secondary N) is 1. The molecule has 1 aromatic rings. The summed E-state index contributed by atoms with van der Waals surface area (Å²) >= 11 is 0. The molecule has 0 saturated heterocycles. The largest absolute Gasteiger partial charge is 0.456 e. The molecule has 17 heavy (non-hydrogen) atoms. The van der Waals surface area contributed by atoms with Crippen LogP contribution in [0, 0.1) is 6.92 Å². The Bertz CT molecular complexity index is 342. The third-order valence-electron chi connectivity index (χ3n) is 2.10. The van der Waals surface area contributed by atoms with Crippen LogP contribution in [0.2, 0.25) is 0 Å². The molecule has 96 valence electrons. The predicted molar refractivity (Wildman–Crippen MR) is 62.8 cm³/mol. The molecule has 1 rings (SSSR count). The van der Waals surface area contributed by atoms with Crippen molar-refractivity contribution in [3.8, 4) is 0 Å². The molecule has 1 N–H and O–H groups in total. The van der Waals surface area contributed by atoms with Crippen LogP contribution in [0.15, 0.2) is 16.5 Å². The summed E-state index contributed by atoms with van der Waals surface area (Å²) in [6.45, 7) is 6.94. The highest BCUT2D eigenvalue weighted by atomic mass is 16.7. The molecule has 0 radical (unpaired) electrons. The van der Waals surface area contributed by atoms with Gasteiger partial charge in [0.1, 0.15) is 5.76 Å². The molecule has 5 heteroatoms. The predicted octanol–water partition coefficient (Wildman–Crippen LogP) is 1.72. The second-order valence-corrected chi connectivity index (χ2v) is 3.46. The van der Waals surface area contributed by atoms with E-state index in [1.165, 1.54) is 0 Å². The number of rotatable bonds is 7. The first-order valence-electron chi connectivity index (χ1n) is 5.75. The molecule has 0 unspecified atom stereocenters. The lowest BCUT2D eigenvalue weighted by Gasteiger charge is -2.16. The minimum Gasteiger partial charge on any atom is -0.456 e. The van der Waals surface area contributed by atoms with E-state index in [2.05, 4.69) is 5.32 Å². The van der Waals surface area contributed by atoms with Gasteiger partial charge in [-0.3, -0.25) is 4.79 Å². The Balaban J connectivity index is 2.40. The molecule has 0 aliphatic carbocycles. The lowest BCUT2D eigenvalue weighted by molar-refractivity contribution is -0.131. The summed E-state index contributed by atoms with van der Waals surface area (Å²) in [6.07, 6.45) is -0.412. The van der Waals surface area contributed by atoms with Crippen LogP contribution in [0.1, 0.15) is 30.2 Å². The van der Waals surface area contributed by atoms with Crippen molar-refractivity contribution in [1.29, 1.82) is 0 Å². The summed E-state index contributed by atoms with van der Waals surface area (Å²) in [4.78, 5) is 11.7. The number of carbonyl (C=O) groups is 1. The molecule has 0 bridgehead atoms. The van der Waals surface area contributed by atoms with Crippen LogP contribution in [0.4, 0.5) is 0 Å². The van der Waals surface area contributed by atoms with Crippen molar-refractivity contribution < 1.29 is 18.7 Å². The van der Waals surface area contributed by atoms with Gasteiger partial charge in [-0.25, -0.2) is 0 Å². The zero-order valence-electron chi connectivity index (χ0n) is 10.5. The van der Waals surface area contributed by atoms with E-state index in [4.69, 9.17) is 13.9 Å². The van der Waals surface area contributed by atoms with Crippen molar-refractivity contribution in [1.82, 2.24) is 5.32 Å². The zero-order chi connectivity index (χ0) is 12.7. The first-order valence-corrected chi connectivity index (χ1v) is 5.75. The van der Waals surface area contributed by atoms with E-state index in [9.17, 15) is 4.79 Å². The van der Waals surface area contributed by atoms with Gasteiger partial charge in [0.15, 0.2) is 12.1 Å². The number of carbonyl (C=O) groups excluding carboxylic acids is 1. The van der Waals surface area contributed by atoms with E-state index in [0.29, 0.717) is 31.3 Å². The molecule has 0 aliphatic heterocycles.